The van der Waals surface area contributed by atoms with E-state index in [1.807, 2.05) is 6.07 Å². The molecule has 158 valence electrons. The number of carbonyl (C=O) groups excluding carboxylic acids is 1. The van der Waals surface area contributed by atoms with Gasteiger partial charge in [0.25, 0.3) is 0 Å². The molecule has 1 aromatic carbocycles. The average Bonchev–Trinajstić information content (AvgIpc) is 3.40. The first kappa shape index (κ1) is 20.3. The van der Waals surface area contributed by atoms with Crippen LogP contribution in [0.15, 0.2) is 36.5 Å². The van der Waals surface area contributed by atoms with E-state index in [9.17, 15) is 17.6 Å². The van der Waals surface area contributed by atoms with Gasteiger partial charge in [-0.05, 0) is 55.2 Å². The molecule has 1 amide bonds. The van der Waals surface area contributed by atoms with Gasteiger partial charge in [0.1, 0.15) is 17.3 Å². The van der Waals surface area contributed by atoms with Crippen molar-refractivity contribution in [3.8, 4) is 11.1 Å². The lowest BCUT2D eigenvalue weighted by Gasteiger charge is -2.13. The number of hydrogen-bond acceptors (Lipinski definition) is 4. The van der Waals surface area contributed by atoms with Crippen LogP contribution in [0.1, 0.15) is 32.6 Å². The molecule has 1 saturated carbocycles. The van der Waals surface area contributed by atoms with Gasteiger partial charge in [-0.1, -0.05) is 18.9 Å². The van der Waals surface area contributed by atoms with Crippen LogP contribution in [-0.4, -0.2) is 30.0 Å². The van der Waals surface area contributed by atoms with Crippen LogP contribution in [0.3, 0.4) is 0 Å². The molecule has 3 N–H and O–H groups in total. The van der Waals surface area contributed by atoms with E-state index in [1.165, 1.54) is 19.1 Å². The van der Waals surface area contributed by atoms with Crippen molar-refractivity contribution >= 4 is 38.5 Å². The van der Waals surface area contributed by atoms with Gasteiger partial charge in [-0.15, -0.1) is 0 Å². The number of amides is 1. The quantitative estimate of drug-likeness (QED) is 0.543. The zero-order valence-electron chi connectivity index (χ0n) is 16.5. The SMILES string of the molecule is CCS(=O)(=O)Nc1ccc(-c2cc(NC(=O)C3CCCC3)nc3[nH]ccc23)cc1F. The molecule has 1 aliphatic rings. The Hall–Kier alpha value is -2.94. The lowest BCUT2D eigenvalue weighted by Crippen LogP contribution is -2.21. The first-order chi connectivity index (χ1) is 14.4. The Morgan fingerprint density at radius 1 is 1.23 bits per heavy atom. The minimum absolute atomic E-state index is 0.00194. The summed E-state index contributed by atoms with van der Waals surface area (Å²) >= 11 is 0. The van der Waals surface area contributed by atoms with E-state index in [-0.39, 0.29) is 23.3 Å². The Morgan fingerprint density at radius 3 is 2.70 bits per heavy atom. The standard InChI is InChI=1S/C21H23FN4O3S/c1-2-30(28,29)26-18-8-7-14(11-17(18)22)16-12-19(24-20-15(16)9-10-23-20)25-21(27)13-5-3-4-6-13/h7-13,26H,2-6H2,1H3,(H2,23,24,25,27). The predicted molar refractivity (Wildman–Crippen MR) is 115 cm³/mol. The Morgan fingerprint density at radius 2 is 2.00 bits per heavy atom. The average molecular weight is 431 g/mol. The van der Waals surface area contributed by atoms with Crippen LogP contribution in [0.2, 0.25) is 0 Å². The summed E-state index contributed by atoms with van der Waals surface area (Å²) in [5.74, 6) is -0.480. The van der Waals surface area contributed by atoms with Crippen LogP contribution in [0.4, 0.5) is 15.9 Å². The van der Waals surface area contributed by atoms with Gasteiger partial charge >= 0.3 is 0 Å². The van der Waals surface area contributed by atoms with E-state index < -0.39 is 15.8 Å². The minimum Gasteiger partial charge on any atom is -0.346 e. The second kappa shape index (κ2) is 8.06. The van der Waals surface area contributed by atoms with E-state index in [1.54, 1.807) is 18.3 Å². The second-order valence-corrected chi connectivity index (χ2v) is 9.48. The minimum atomic E-state index is -3.58. The third kappa shape index (κ3) is 4.16. The summed E-state index contributed by atoms with van der Waals surface area (Å²) in [4.78, 5) is 20.0. The van der Waals surface area contributed by atoms with E-state index >= 15 is 0 Å². The highest BCUT2D eigenvalue weighted by Gasteiger charge is 2.23. The molecule has 1 aliphatic carbocycles. The van der Waals surface area contributed by atoms with Crippen LogP contribution < -0.4 is 10.0 Å². The highest BCUT2D eigenvalue weighted by atomic mass is 32.2. The van der Waals surface area contributed by atoms with Crippen LogP contribution in [-0.2, 0) is 14.8 Å². The first-order valence-electron chi connectivity index (χ1n) is 9.95. The molecule has 0 unspecified atom stereocenters. The summed E-state index contributed by atoms with van der Waals surface area (Å²) in [5.41, 5.74) is 1.71. The predicted octanol–water partition coefficient (Wildman–Crippen LogP) is 4.26. The molecule has 2 heterocycles. The summed E-state index contributed by atoms with van der Waals surface area (Å²) in [6, 6.07) is 7.85. The van der Waals surface area contributed by atoms with Crippen molar-refractivity contribution in [3.63, 3.8) is 0 Å². The molecule has 3 aromatic rings. The van der Waals surface area contributed by atoms with Crippen LogP contribution in [0.25, 0.3) is 22.2 Å². The highest BCUT2D eigenvalue weighted by molar-refractivity contribution is 7.92. The molecule has 4 rings (SSSR count). The summed E-state index contributed by atoms with van der Waals surface area (Å²) in [6.07, 6.45) is 5.59. The van der Waals surface area contributed by atoms with Gasteiger partial charge in [-0.2, -0.15) is 0 Å². The molecule has 2 aromatic heterocycles. The fourth-order valence-electron chi connectivity index (χ4n) is 3.76. The number of benzene rings is 1. The van der Waals surface area contributed by atoms with Crippen LogP contribution in [0.5, 0.6) is 0 Å². The van der Waals surface area contributed by atoms with E-state index in [0.717, 1.165) is 31.1 Å². The number of pyridine rings is 1. The third-order valence-corrected chi connectivity index (χ3v) is 6.72. The molecule has 0 atom stereocenters. The fourth-order valence-corrected chi connectivity index (χ4v) is 4.41. The maximum absolute atomic E-state index is 14.6. The number of carbonyl (C=O) groups is 1. The van der Waals surface area contributed by atoms with E-state index in [2.05, 4.69) is 20.0 Å². The van der Waals surface area contributed by atoms with Crippen LogP contribution >= 0.6 is 0 Å². The molecule has 1 fully saturated rings. The van der Waals surface area contributed by atoms with Crippen molar-refractivity contribution in [2.45, 2.75) is 32.6 Å². The smallest absolute Gasteiger partial charge is 0.232 e. The number of rotatable bonds is 6. The van der Waals surface area contributed by atoms with Crippen molar-refractivity contribution in [2.75, 3.05) is 15.8 Å². The van der Waals surface area contributed by atoms with Crippen molar-refractivity contribution in [1.29, 1.82) is 0 Å². The summed E-state index contributed by atoms with van der Waals surface area (Å²) in [6.45, 7) is 1.48. The van der Waals surface area contributed by atoms with Crippen molar-refractivity contribution in [3.05, 3.63) is 42.3 Å². The maximum Gasteiger partial charge on any atom is 0.232 e. The third-order valence-electron chi connectivity index (χ3n) is 5.43. The number of sulfonamides is 1. The Balaban J connectivity index is 1.68. The molecule has 0 bridgehead atoms. The number of aromatic amines is 1. The van der Waals surface area contributed by atoms with Gasteiger partial charge in [0.2, 0.25) is 15.9 Å². The van der Waals surface area contributed by atoms with Gasteiger partial charge in [-0.25, -0.2) is 17.8 Å². The highest BCUT2D eigenvalue weighted by Crippen LogP contribution is 2.33. The number of anilines is 2. The van der Waals surface area contributed by atoms with E-state index in [0.29, 0.717) is 22.6 Å². The Bertz CT molecular complexity index is 1200. The second-order valence-electron chi connectivity index (χ2n) is 7.47. The molecule has 0 radical (unpaired) electrons. The van der Waals surface area contributed by atoms with Gasteiger partial charge in [0.05, 0.1) is 11.4 Å². The van der Waals surface area contributed by atoms with Crippen molar-refractivity contribution < 1.29 is 17.6 Å². The number of halogens is 1. The molecule has 7 nitrogen and oxygen atoms in total. The molecule has 0 aliphatic heterocycles. The van der Waals surface area contributed by atoms with Crippen LogP contribution in [0, 0.1) is 11.7 Å². The molecule has 30 heavy (non-hydrogen) atoms. The number of fused-ring (bicyclic) bond motifs is 1. The zero-order valence-corrected chi connectivity index (χ0v) is 17.4. The number of H-pyrrole nitrogens is 1. The molecule has 9 heteroatoms. The summed E-state index contributed by atoms with van der Waals surface area (Å²) in [7, 11) is -3.58. The van der Waals surface area contributed by atoms with Gasteiger partial charge in [0, 0.05) is 17.5 Å². The van der Waals surface area contributed by atoms with Gasteiger partial charge in [-0.3, -0.25) is 9.52 Å². The van der Waals surface area contributed by atoms with Gasteiger partial charge < -0.3 is 10.3 Å². The van der Waals surface area contributed by atoms with Gasteiger partial charge in [0.15, 0.2) is 0 Å². The summed E-state index contributed by atoms with van der Waals surface area (Å²) in [5, 5.41) is 3.66. The topological polar surface area (TPSA) is 104 Å². The molecular weight excluding hydrogens is 407 g/mol. The maximum atomic E-state index is 14.6. The lowest BCUT2D eigenvalue weighted by molar-refractivity contribution is -0.119. The lowest BCUT2D eigenvalue weighted by atomic mass is 10.0. The number of nitrogens with one attached hydrogen (secondary N) is 3. The summed E-state index contributed by atoms with van der Waals surface area (Å²) < 4.78 is 40.3. The normalized spacial score (nSPS) is 14.9. The Labute approximate surface area is 174 Å². The largest absolute Gasteiger partial charge is 0.346 e. The number of hydrogen-bond donors (Lipinski definition) is 3. The zero-order chi connectivity index (χ0) is 21.3. The fraction of sp³-hybridized carbons (Fsp3) is 0.333. The Kier molecular flexibility index (Phi) is 5.46. The number of aromatic nitrogens is 2. The van der Waals surface area contributed by atoms with Crippen molar-refractivity contribution in [2.24, 2.45) is 5.92 Å². The molecule has 0 saturated heterocycles. The van der Waals surface area contributed by atoms with E-state index in [4.69, 9.17) is 0 Å². The van der Waals surface area contributed by atoms with Crippen molar-refractivity contribution in [1.82, 2.24) is 9.97 Å². The monoisotopic (exact) mass is 430 g/mol. The molecular formula is C21H23FN4O3S. The molecule has 0 spiro atoms. The number of nitrogens with zero attached hydrogens (tertiary/aromatic N) is 1. The first-order valence-corrected chi connectivity index (χ1v) is 11.6.